The van der Waals surface area contributed by atoms with Gasteiger partial charge in [-0.05, 0) is 65.6 Å². The maximum atomic E-state index is 6.03. The van der Waals surface area contributed by atoms with Gasteiger partial charge in [0.25, 0.3) is 0 Å². The molecule has 0 radical (unpaired) electrons. The van der Waals surface area contributed by atoms with E-state index in [9.17, 15) is 0 Å². The van der Waals surface area contributed by atoms with Crippen molar-refractivity contribution in [3.05, 3.63) is 20.8 Å². The molecule has 2 nitrogen and oxygen atoms in total. The standard InChI is InChI=1S/C14H23BrN2S/c1-2-11-4-3-7-17(8-5-11)13(10-16)14-12(15)6-9-18-14/h6,9,11,13H,2-5,7-8,10,16H2,1H3. The molecule has 0 aliphatic carbocycles. The Hall–Kier alpha value is 0.100. The summed E-state index contributed by atoms with van der Waals surface area (Å²) >= 11 is 5.47. The molecular weight excluding hydrogens is 308 g/mol. The van der Waals surface area contributed by atoms with Gasteiger partial charge in [0.1, 0.15) is 0 Å². The van der Waals surface area contributed by atoms with Gasteiger partial charge in [0.15, 0.2) is 0 Å². The van der Waals surface area contributed by atoms with Crippen molar-refractivity contribution in [3.63, 3.8) is 0 Å². The first-order chi connectivity index (χ1) is 8.76. The first kappa shape index (κ1) is 14.5. The third kappa shape index (κ3) is 3.35. The molecule has 2 atom stereocenters. The van der Waals surface area contributed by atoms with E-state index in [0.717, 1.165) is 12.5 Å². The number of nitrogens with zero attached hydrogens (tertiary/aromatic N) is 1. The fraction of sp³-hybridized carbons (Fsp3) is 0.714. The SMILES string of the molecule is CCC1CCCN(C(CN)c2sccc2Br)CC1. The molecule has 1 aliphatic heterocycles. The Kier molecular flexibility index (Phi) is 5.67. The van der Waals surface area contributed by atoms with Gasteiger partial charge >= 0.3 is 0 Å². The van der Waals surface area contributed by atoms with Crippen LogP contribution in [0.3, 0.4) is 0 Å². The fourth-order valence-electron chi connectivity index (χ4n) is 2.87. The van der Waals surface area contributed by atoms with Crippen LogP contribution in [0, 0.1) is 5.92 Å². The van der Waals surface area contributed by atoms with E-state index in [4.69, 9.17) is 5.73 Å². The van der Waals surface area contributed by atoms with E-state index >= 15 is 0 Å². The Morgan fingerprint density at radius 1 is 1.50 bits per heavy atom. The number of rotatable bonds is 4. The van der Waals surface area contributed by atoms with Crippen LogP contribution in [0.4, 0.5) is 0 Å². The van der Waals surface area contributed by atoms with Crippen LogP contribution in [0.2, 0.25) is 0 Å². The van der Waals surface area contributed by atoms with E-state index in [0.29, 0.717) is 6.04 Å². The van der Waals surface area contributed by atoms with Gasteiger partial charge in [0.2, 0.25) is 0 Å². The van der Waals surface area contributed by atoms with Crippen LogP contribution in [0.25, 0.3) is 0 Å². The van der Waals surface area contributed by atoms with E-state index in [-0.39, 0.29) is 0 Å². The fourth-order valence-corrected chi connectivity index (χ4v) is 4.66. The Balaban J connectivity index is 2.06. The van der Waals surface area contributed by atoms with Crippen LogP contribution in [-0.2, 0) is 0 Å². The van der Waals surface area contributed by atoms with Gasteiger partial charge in [-0.2, -0.15) is 0 Å². The smallest absolute Gasteiger partial charge is 0.0575 e. The predicted molar refractivity (Wildman–Crippen MR) is 83.0 cm³/mol. The first-order valence-electron chi connectivity index (χ1n) is 6.93. The minimum atomic E-state index is 0.398. The number of hydrogen-bond donors (Lipinski definition) is 1. The lowest BCUT2D eigenvalue weighted by atomic mass is 9.98. The Bertz CT molecular complexity index is 366. The van der Waals surface area contributed by atoms with Gasteiger partial charge in [-0.25, -0.2) is 0 Å². The second-order valence-corrected chi connectivity index (χ2v) is 6.93. The second kappa shape index (κ2) is 7.04. The summed E-state index contributed by atoms with van der Waals surface area (Å²) in [6, 6.07) is 2.53. The lowest BCUT2D eigenvalue weighted by molar-refractivity contribution is 0.209. The number of hydrogen-bond acceptors (Lipinski definition) is 3. The normalized spacial score (nSPS) is 23.8. The van der Waals surface area contributed by atoms with Crippen LogP contribution in [0.5, 0.6) is 0 Å². The van der Waals surface area contributed by atoms with E-state index < -0.39 is 0 Å². The van der Waals surface area contributed by atoms with Gasteiger partial charge in [-0.1, -0.05) is 13.3 Å². The highest BCUT2D eigenvalue weighted by Gasteiger charge is 2.24. The van der Waals surface area contributed by atoms with Gasteiger partial charge in [0.05, 0.1) is 6.04 Å². The van der Waals surface area contributed by atoms with Crippen molar-refractivity contribution in [3.8, 4) is 0 Å². The third-order valence-electron chi connectivity index (χ3n) is 4.07. The highest BCUT2D eigenvalue weighted by molar-refractivity contribution is 9.10. The van der Waals surface area contributed by atoms with Crippen molar-refractivity contribution >= 4 is 27.3 Å². The first-order valence-corrected chi connectivity index (χ1v) is 8.60. The van der Waals surface area contributed by atoms with Crippen LogP contribution >= 0.6 is 27.3 Å². The molecule has 1 fully saturated rings. The molecule has 2 N–H and O–H groups in total. The predicted octanol–water partition coefficient (Wildman–Crippen LogP) is 4.02. The molecule has 1 aliphatic rings. The van der Waals surface area contributed by atoms with Crippen LogP contribution < -0.4 is 5.73 Å². The molecule has 0 bridgehead atoms. The topological polar surface area (TPSA) is 29.3 Å². The van der Waals surface area contributed by atoms with Gasteiger partial charge in [-0.15, -0.1) is 11.3 Å². The average molecular weight is 331 g/mol. The second-order valence-electron chi connectivity index (χ2n) is 5.13. The summed E-state index contributed by atoms with van der Waals surface area (Å²) in [7, 11) is 0. The van der Waals surface area contributed by atoms with Gasteiger partial charge in [-0.3, -0.25) is 4.90 Å². The van der Waals surface area contributed by atoms with Crippen LogP contribution in [0.15, 0.2) is 15.9 Å². The van der Waals surface area contributed by atoms with Crippen LogP contribution in [-0.4, -0.2) is 24.5 Å². The largest absolute Gasteiger partial charge is 0.329 e. The van der Waals surface area contributed by atoms with Crippen LogP contribution in [0.1, 0.15) is 43.5 Å². The number of nitrogens with two attached hydrogens (primary N) is 1. The van der Waals surface area contributed by atoms with Crippen molar-refractivity contribution in [2.24, 2.45) is 11.7 Å². The summed E-state index contributed by atoms with van der Waals surface area (Å²) in [5.41, 5.74) is 6.03. The molecule has 1 aromatic heterocycles. The van der Waals surface area contributed by atoms with E-state index in [1.54, 1.807) is 0 Å². The maximum absolute atomic E-state index is 6.03. The number of likely N-dealkylation sites (tertiary alicyclic amines) is 1. The number of halogens is 1. The van der Waals surface area contributed by atoms with Crippen molar-refractivity contribution in [2.75, 3.05) is 19.6 Å². The summed E-state index contributed by atoms with van der Waals surface area (Å²) < 4.78 is 1.22. The minimum absolute atomic E-state index is 0.398. The maximum Gasteiger partial charge on any atom is 0.0575 e. The summed E-state index contributed by atoms with van der Waals surface area (Å²) in [5, 5.41) is 2.15. The zero-order valence-electron chi connectivity index (χ0n) is 11.1. The summed E-state index contributed by atoms with van der Waals surface area (Å²) in [4.78, 5) is 3.99. The molecule has 102 valence electrons. The van der Waals surface area contributed by atoms with Gasteiger partial charge in [0, 0.05) is 15.9 Å². The van der Waals surface area contributed by atoms with Crippen molar-refractivity contribution in [1.82, 2.24) is 4.90 Å². The molecule has 1 aromatic rings. The lowest BCUT2D eigenvalue weighted by Crippen LogP contribution is -2.34. The molecular formula is C14H23BrN2S. The highest BCUT2D eigenvalue weighted by atomic mass is 79.9. The molecule has 0 aromatic carbocycles. The molecule has 0 amide bonds. The van der Waals surface area contributed by atoms with E-state index in [2.05, 4.69) is 39.2 Å². The van der Waals surface area contributed by atoms with Crippen molar-refractivity contribution < 1.29 is 0 Å². The lowest BCUT2D eigenvalue weighted by Gasteiger charge is -2.29. The molecule has 2 rings (SSSR count). The Labute approximate surface area is 123 Å². The molecule has 2 heterocycles. The number of thiophene rings is 1. The summed E-state index contributed by atoms with van der Waals surface area (Å²) in [6.07, 6.45) is 5.35. The minimum Gasteiger partial charge on any atom is -0.329 e. The molecule has 4 heteroatoms. The van der Waals surface area contributed by atoms with E-state index in [1.807, 2.05) is 11.3 Å². The molecule has 0 spiro atoms. The van der Waals surface area contributed by atoms with Crippen molar-refractivity contribution in [2.45, 2.75) is 38.6 Å². The van der Waals surface area contributed by atoms with Gasteiger partial charge < -0.3 is 5.73 Å². The highest BCUT2D eigenvalue weighted by Crippen LogP contribution is 2.34. The Morgan fingerprint density at radius 3 is 2.94 bits per heavy atom. The van der Waals surface area contributed by atoms with Crippen molar-refractivity contribution in [1.29, 1.82) is 0 Å². The molecule has 1 saturated heterocycles. The monoisotopic (exact) mass is 330 g/mol. The zero-order valence-corrected chi connectivity index (χ0v) is 13.5. The average Bonchev–Trinajstić information content (AvgIpc) is 2.67. The summed E-state index contributed by atoms with van der Waals surface area (Å²) in [5.74, 6) is 0.917. The third-order valence-corrected chi connectivity index (χ3v) is 6.04. The van der Waals surface area contributed by atoms with E-state index in [1.165, 1.54) is 48.1 Å². The molecule has 0 saturated carbocycles. The quantitative estimate of drug-likeness (QED) is 0.903. The Morgan fingerprint density at radius 2 is 2.33 bits per heavy atom. The molecule has 18 heavy (non-hydrogen) atoms. The summed E-state index contributed by atoms with van der Waals surface area (Å²) in [6.45, 7) is 5.43. The zero-order chi connectivity index (χ0) is 13.0. The molecule has 2 unspecified atom stereocenters.